The molecule has 76 valence electrons. The van der Waals surface area contributed by atoms with Gasteiger partial charge >= 0.3 is 5.97 Å². The molecule has 0 unspecified atom stereocenters. The van der Waals surface area contributed by atoms with Crippen LogP contribution >= 0.6 is 0 Å². The maximum Gasteiger partial charge on any atom is 0.344 e. The number of aromatic carboxylic acids is 1. The molecule has 5 heteroatoms. The maximum atomic E-state index is 13.0. The summed E-state index contributed by atoms with van der Waals surface area (Å²) in [5.74, 6) is -2.38. The zero-order chi connectivity index (χ0) is 10.6. The van der Waals surface area contributed by atoms with E-state index in [2.05, 4.69) is 4.98 Å². The van der Waals surface area contributed by atoms with Crippen molar-refractivity contribution < 1.29 is 19.0 Å². The van der Waals surface area contributed by atoms with Gasteiger partial charge in [-0.3, -0.25) is 0 Å². The molecule has 14 heavy (non-hydrogen) atoms. The van der Waals surface area contributed by atoms with E-state index in [9.17, 15) is 9.18 Å². The number of halogens is 1. The van der Waals surface area contributed by atoms with E-state index >= 15 is 0 Å². The molecule has 1 aromatic heterocycles. The lowest BCUT2D eigenvalue weighted by Gasteiger charge is -2.07. The van der Waals surface area contributed by atoms with Crippen LogP contribution in [0.5, 0.6) is 5.75 Å². The van der Waals surface area contributed by atoms with Crippen molar-refractivity contribution in [3.63, 3.8) is 0 Å². The third kappa shape index (κ3) is 2.18. The Labute approximate surface area is 80.3 Å². The van der Waals surface area contributed by atoms with Crippen LogP contribution < -0.4 is 4.74 Å². The number of pyridine rings is 1. The molecule has 0 saturated carbocycles. The second-order valence-corrected chi connectivity index (χ2v) is 2.63. The average Bonchev–Trinajstić information content (AvgIpc) is 2.14. The van der Waals surface area contributed by atoms with Gasteiger partial charge in [-0.05, 0) is 12.5 Å². The maximum absolute atomic E-state index is 13.0. The molecule has 0 atom stereocenters. The van der Waals surface area contributed by atoms with Crippen LogP contribution in [0.2, 0.25) is 0 Å². The van der Waals surface area contributed by atoms with Crippen LogP contribution in [-0.2, 0) is 0 Å². The lowest BCUT2D eigenvalue weighted by Crippen LogP contribution is -2.07. The van der Waals surface area contributed by atoms with Crippen molar-refractivity contribution in [2.75, 3.05) is 6.61 Å². The van der Waals surface area contributed by atoms with Crippen molar-refractivity contribution in [2.24, 2.45) is 0 Å². The van der Waals surface area contributed by atoms with Crippen LogP contribution in [0.3, 0.4) is 0 Å². The largest absolute Gasteiger partial charge is 0.492 e. The summed E-state index contributed by atoms with van der Waals surface area (Å²) in [5.41, 5.74) is -0.513. The number of hydrogen-bond donors (Lipinski definition) is 1. The van der Waals surface area contributed by atoms with E-state index in [1.165, 1.54) is 12.3 Å². The molecule has 0 aromatic carbocycles. The fourth-order valence-electron chi connectivity index (χ4n) is 0.946. The Bertz CT molecular complexity index is 341. The Kier molecular flexibility index (Phi) is 3.39. The Morgan fingerprint density at radius 2 is 2.43 bits per heavy atom. The molecular formula is C9H10FNO3. The van der Waals surface area contributed by atoms with E-state index in [0.29, 0.717) is 6.61 Å². The molecule has 1 N–H and O–H groups in total. The number of carboxylic acids is 1. The zero-order valence-corrected chi connectivity index (χ0v) is 7.66. The van der Waals surface area contributed by atoms with Crippen LogP contribution in [0.15, 0.2) is 12.3 Å². The Hall–Kier alpha value is -1.65. The quantitative estimate of drug-likeness (QED) is 0.750. The molecule has 0 amide bonds. The molecule has 0 aliphatic rings. The molecule has 0 bridgehead atoms. The summed E-state index contributed by atoms with van der Waals surface area (Å²) in [6.45, 7) is 2.22. The summed E-state index contributed by atoms with van der Waals surface area (Å²) in [5, 5.41) is 8.69. The molecule has 1 heterocycles. The van der Waals surface area contributed by atoms with Crippen molar-refractivity contribution in [3.8, 4) is 5.75 Å². The molecule has 1 rings (SSSR count). The Morgan fingerprint density at radius 1 is 1.71 bits per heavy atom. The van der Waals surface area contributed by atoms with Gasteiger partial charge < -0.3 is 9.84 Å². The van der Waals surface area contributed by atoms with Crippen molar-refractivity contribution in [1.82, 2.24) is 4.98 Å². The van der Waals surface area contributed by atoms with Crippen LogP contribution in [0.4, 0.5) is 4.39 Å². The summed E-state index contributed by atoms with van der Waals surface area (Å²) < 4.78 is 18.0. The minimum Gasteiger partial charge on any atom is -0.492 e. The first-order chi connectivity index (χ1) is 6.66. The first kappa shape index (κ1) is 10.4. The van der Waals surface area contributed by atoms with Gasteiger partial charge in [-0.25, -0.2) is 9.78 Å². The van der Waals surface area contributed by atoms with Crippen LogP contribution in [-0.4, -0.2) is 22.7 Å². The Balaban J connectivity index is 3.02. The number of aromatic nitrogens is 1. The van der Waals surface area contributed by atoms with E-state index in [4.69, 9.17) is 9.84 Å². The third-order valence-electron chi connectivity index (χ3n) is 1.54. The van der Waals surface area contributed by atoms with Crippen molar-refractivity contribution in [1.29, 1.82) is 0 Å². The molecule has 0 fully saturated rings. The predicted octanol–water partition coefficient (Wildman–Crippen LogP) is 1.71. The number of carboxylic acid groups (broad SMARTS) is 1. The lowest BCUT2D eigenvalue weighted by atomic mass is 10.2. The molecule has 0 aliphatic carbocycles. The van der Waals surface area contributed by atoms with Gasteiger partial charge in [0.05, 0.1) is 6.61 Å². The Morgan fingerprint density at radius 3 is 3.00 bits per heavy atom. The minimum absolute atomic E-state index is 0.0202. The number of nitrogens with zero attached hydrogens (tertiary/aromatic N) is 1. The zero-order valence-electron chi connectivity index (χ0n) is 7.66. The van der Waals surface area contributed by atoms with Gasteiger partial charge in [0.1, 0.15) is 5.75 Å². The van der Waals surface area contributed by atoms with Gasteiger partial charge in [-0.15, -0.1) is 0 Å². The number of carbonyl (C=O) groups is 1. The van der Waals surface area contributed by atoms with Gasteiger partial charge in [0, 0.05) is 6.20 Å². The highest BCUT2D eigenvalue weighted by atomic mass is 19.1. The molecule has 0 spiro atoms. The van der Waals surface area contributed by atoms with E-state index in [1.54, 1.807) is 0 Å². The first-order valence-electron chi connectivity index (χ1n) is 4.17. The van der Waals surface area contributed by atoms with Crippen LogP contribution in [0, 0.1) is 5.95 Å². The molecule has 1 aromatic rings. The average molecular weight is 199 g/mol. The molecule has 4 nitrogen and oxygen atoms in total. The summed E-state index contributed by atoms with van der Waals surface area (Å²) in [7, 11) is 0. The summed E-state index contributed by atoms with van der Waals surface area (Å²) in [6.07, 6.45) is 1.90. The molecule has 0 saturated heterocycles. The summed E-state index contributed by atoms with van der Waals surface area (Å²) >= 11 is 0. The van der Waals surface area contributed by atoms with Gasteiger partial charge in [0.15, 0.2) is 5.56 Å². The monoisotopic (exact) mass is 199 g/mol. The number of ether oxygens (including phenoxy) is 1. The first-order valence-corrected chi connectivity index (χ1v) is 4.17. The molecule has 0 radical (unpaired) electrons. The van der Waals surface area contributed by atoms with E-state index in [-0.39, 0.29) is 5.75 Å². The third-order valence-corrected chi connectivity index (χ3v) is 1.54. The summed E-state index contributed by atoms with van der Waals surface area (Å²) in [4.78, 5) is 13.9. The smallest absolute Gasteiger partial charge is 0.344 e. The van der Waals surface area contributed by atoms with E-state index in [0.717, 1.165) is 6.42 Å². The van der Waals surface area contributed by atoms with Crippen molar-refractivity contribution in [2.45, 2.75) is 13.3 Å². The highest BCUT2D eigenvalue weighted by molar-refractivity contribution is 5.90. The molecule has 0 aliphatic heterocycles. The second kappa shape index (κ2) is 4.55. The SMILES string of the molecule is CCCOc1ccnc(F)c1C(=O)O. The van der Waals surface area contributed by atoms with Crippen molar-refractivity contribution in [3.05, 3.63) is 23.8 Å². The minimum atomic E-state index is -1.37. The van der Waals surface area contributed by atoms with Crippen LogP contribution in [0.1, 0.15) is 23.7 Å². The van der Waals surface area contributed by atoms with Gasteiger partial charge in [-0.2, -0.15) is 4.39 Å². The topological polar surface area (TPSA) is 59.4 Å². The number of rotatable bonds is 4. The fourth-order valence-corrected chi connectivity index (χ4v) is 0.946. The molecular weight excluding hydrogens is 189 g/mol. The van der Waals surface area contributed by atoms with Gasteiger partial charge in [-0.1, -0.05) is 6.92 Å². The van der Waals surface area contributed by atoms with Gasteiger partial charge in [0.2, 0.25) is 5.95 Å². The van der Waals surface area contributed by atoms with E-state index in [1.807, 2.05) is 6.92 Å². The lowest BCUT2D eigenvalue weighted by molar-refractivity contribution is 0.0685. The summed E-state index contributed by atoms with van der Waals surface area (Å²) in [6, 6.07) is 1.34. The highest BCUT2D eigenvalue weighted by Crippen LogP contribution is 2.19. The van der Waals surface area contributed by atoms with Crippen molar-refractivity contribution >= 4 is 5.97 Å². The van der Waals surface area contributed by atoms with Gasteiger partial charge in [0.25, 0.3) is 0 Å². The van der Waals surface area contributed by atoms with E-state index < -0.39 is 17.5 Å². The normalized spacial score (nSPS) is 9.86. The predicted molar refractivity (Wildman–Crippen MR) is 46.9 cm³/mol. The number of hydrogen-bond acceptors (Lipinski definition) is 3. The van der Waals surface area contributed by atoms with Crippen LogP contribution in [0.25, 0.3) is 0 Å². The highest BCUT2D eigenvalue weighted by Gasteiger charge is 2.17. The fraction of sp³-hybridized carbons (Fsp3) is 0.333. The second-order valence-electron chi connectivity index (χ2n) is 2.63. The standard InChI is InChI=1S/C9H10FNO3/c1-2-5-14-6-3-4-11-8(10)7(6)9(12)13/h3-4H,2,5H2,1H3,(H,12,13).